The molecule has 4 nitrogen and oxygen atoms in total. The highest BCUT2D eigenvalue weighted by Gasteiger charge is 2.18. The van der Waals surface area contributed by atoms with E-state index in [9.17, 15) is 9.90 Å². The Labute approximate surface area is 150 Å². The maximum atomic E-state index is 12.9. The van der Waals surface area contributed by atoms with E-state index in [0.29, 0.717) is 27.8 Å². The Morgan fingerprint density at radius 3 is 2.35 bits per heavy atom. The van der Waals surface area contributed by atoms with Gasteiger partial charge in [-0.05, 0) is 17.2 Å². The summed E-state index contributed by atoms with van der Waals surface area (Å²) in [6.07, 6.45) is 1.41. The van der Waals surface area contributed by atoms with Crippen molar-refractivity contribution in [3.63, 3.8) is 0 Å². The van der Waals surface area contributed by atoms with Crippen LogP contribution in [0.15, 0.2) is 77.4 Å². The smallest absolute Gasteiger partial charge is 0.196 e. The summed E-state index contributed by atoms with van der Waals surface area (Å²) in [5.41, 5.74) is 3.59. The van der Waals surface area contributed by atoms with Gasteiger partial charge in [0.2, 0.25) is 0 Å². The van der Waals surface area contributed by atoms with Crippen LogP contribution in [0, 0.1) is 0 Å². The average Bonchev–Trinajstić information content (AvgIpc) is 3.10. The van der Waals surface area contributed by atoms with Gasteiger partial charge in [-0.3, -0.25) is 4.79 Å². The molecule has 26 heavy (non-hydrogen) atoms. The van der Waals surface area contributed by atoms with Crippen LogP contribution >= 0.6 is 0 Å². The number of carbonyl (C=O) groups excluding carboxylic acids is 1. The van der Waals surface area contributed by atoms with E-state index in [0.717, 1.165) is 11.1 Å². The minimum absolute atomic E-state index is 0.0325. The van der Waals surface area contributed by atoms with Gasteiger partial charge in [-0.25, -0.2) is 0 Å². The van der Waals surface area contributed by atoms with Crippen molar-refractivity contribution in [2.75, 3.05) is 7.11 Å². The lowest BCUT2D eigenvalue weighted by molar-refractivity contribution is 0.103. The van der Waals surface area contributed by atoms with Gasteiger partial charge in [-0.15, -0.1) is 0 Å². The quantitative estimate of drug-likeness (QED) is 0.527. The van der Waals surface area contributed by atoms with E-state index in [2.05, 4.69) is 0 Å². The molecule has 0 atom stereocenters. The minimum Gasteiger partial charge on any atom is -0.504 e. The zero-order valence-corrected chi connectivity index (χ0v) is 14.1. The molecule has 0 saturated heterocycles. The Balaban J connectivity index is 1.70. The van der Waals surface area contributed by atoms with E-state index in [1.807, 2.05) is 42.5 Å². The summed E-state index contributed by atoms with van der Waals surface area (Å²) in [5, 5.41) is 10.5. The molecular weight excluding hydrogens is 328 g/mol. The summed E-state index contributed by atoms with van der Waals surface area (Å²) in [6, 6.07) is 20.5. The van der Waals surface area contributed by atoms with Gasteiger partial charge in [0.05, 0.1) is 12.7 Å². The van der Waals surface area contributed by atoms with Crippen LogP contribution in [-0.4, -0.2) is 18.0 Å². The molecule has 1 aromatic heterocycles. The zero-order chi connectivity index (χ0) is 18.1. The van der Waals surface area contributed by atoms with Crippen LogP contribution in [0.4, 0.5) is 0 Å². The minimum atomic E-state index is -0.159. The van der Waals surface area contributed by atoms with Crippen molar-refractivity contribution in [2.45, 2.75) is 0 Å². The number of hydrogen-bond donors (Lipinski definition) is 1. The third-order valence-electron chi connectivity index (χ3n) is 4.37. The Morgan fingerprint density at radius 1 is 0.962 bits per heavy atom. The van der Waals surface area contributed by atoms with Gasteiger partial charge in [0.25, 0.3) is 0 Å². The fourth-order valence-electron chi connectivity index (χ4n) is 2.98. The highest BCUT2D eigenvalue weighted by atomic mass is 16.5. The lowest BCUT2D eigenvalue weighted by Gasteiger charge is -2.05. The molecule has 0 aliphatic rings. The van der Waals surface area contributed by atoms with Gasteiger partial charge in [-0.1, -0.05) is 54.6 Å². The monoisotopic (exact) mass is 344 g/mol. The van der Waals surface area contributed by atoms with E-state index >= 15 is 0 Å². The maximum Gasteiger partial charge on any atom is 0.196 e. The summed E-state index contributed by atoms with van der Waals surface area (Å²) in [7, 11) is 1.46. The van der Waals surface area contributed by atoms with Gasteiger partial charge >= 0.3 is 0 Å². The third kappa shape index (κ3) is 2.71. The van der Waals surface area contributed by atoms with E-state index in [4.69, 9.17) is 9.15 Å². The third-order valence-corrected chi connectivity index (χ3v) is 4.37. The molecule has 0 bridgehead atoms. The molecule has 4 rings (SSSR count). The van der Waals surface area contributed by atoms with E-state index in [1.165, 1.54) is 19.4 Å². The van der Waals surface area contributed by atoms with Crippen LogP contribution in [0.5, 0.6) is 11.5 Å². The molecule has 0 aliphatic carbocycles. The van der Waals surface area contributed by atoms with E-state index in [-0.39, 0.29) is 11.5 Å². The topological polar surface area (TPSA) is 59.7 Å². The Hall–Kier alpha value is -3.53. The second-order valence-corrected chi connectivity index (χ2v) is 5.94. The molecule has 4 aromatic rings. The van der Waals surface area contributed by atoms with Crippen molar-refractivity contribution in [3.05, 3.63) is 84.1 Å². The first-order valence-electron chi connectivity index (χ1n) is 8.16. The first kappa shape index (κ1) is 16.0. The predicted octanol–water partition coefficient (Wildman–Crippen LogP) is 5.05. The number of phenols is 1. The van der Waals surface area contributed by atoms with Gasteiger partial charge in [0.1, 0.15) is 11.8 Å². The maximum absolute atomic E-state index is 12.9. The number of hydrogen-bond acceptors (Lipinski definition) is 4. The second kappa shape index (κ2) is 6.41. The molecule has 0 aliphatic heterocycles. The first-order chi connectivity index (χ1) is 12.7. The molecule has 1 heterocycles. The van der Waals surface area contributed by atoms with E-state index < -0.39 is 0 Å². The molecule has 128 valence electrons. The van der Waals surface area contributed by atoms with Crippen molar-refractivity contribution in [1.29, 1.82) is 0 Å². The zero-order valence-electron chi connectivity index (χ0n) is 14.1. The number of methoxy groups -OCH3 is 1. The summed E-state index contributed by atoms with van der Waals surface area (Å²) in [4.78, 5) is 12.9. The molecule has 0 saturated carbocycles. The number of fused-ring (bicyclic) bond motifs is 1. The lowest BCUT2D eigenvalue weighted by atomic mass is 9.99. The average molecular weight is 344 g/mol. The van der Waals surface area contributed by atoms with Gasteiger partial charge < -0.3 is 14.3 Å². The molecular formula is C22H16O4. The van der Waals surface area contributed by atoms with Crippen molar-refractivity contribution in [2.24, 2.45) is 0 Å². The van der Waals surface area contributed by atoms with Crippen LogP contribution < -0.4 is 4.74 Å². The normalized spacial score (nSPS) is 10.8. The SMILES string of the molecule is COc1cc2occ(C(=O)c3ccc(-c4ccccc4)cc3)c2cc1O. The molecule has 0 spiro atoms. The van der Waals surface area contributed by atoms with Crippen LogP contribution in [0.25, 0.3) is 22.1 Å². The number of rotatable bonds is 4. The fourth-order valence-corrected chi connectivity index (χ4v) is 2.98. The van der Waals surface area contributed by atoms with Crippen LogP contribution in [0.3, 0.4) is 0 Å². The molecule has 4 heteroatoms. The second-order valence-electron chi connectivity index (χ2n) is 5.94. The number of carbonyl (C=O) groups is 1. The lowest BCUT2D eigenvalue weighted by Crippen LogP contribution is -2.00. The predicted molar refractivity (Wildman–Crippen MR) is 99.7 cm³/mol. The standard InChI is InChI=1S/C22H16O4/c1-25-21-12-20-17(11-19(21)23)18(13-26-20)22(24)16-9-7-15(8-10-16)14-5-3-2-4-6-14/h2-13,23H,1H3. The number of benzene rings is 3. The summed E-state index contributed by atoms with van der Waals surface area (Å²) < 4.78 is 10.5. The molecule has 3 aromatic carbocycles. The molecule has 1 N–H and O–H groups in total. The Morgan fingerprint density at radius 2 is 1.65 bits per heavy atom. The molecule has 0 unspecified atom stereocenters. The van der Waals surface area contributed by atoms with Crippen molar-refractivity contribution in [1.82, 2.24) is 0 Å². The van der Waals surface area contributed by atoms with Crippen LogP contribution in [-0.2, 0) is 0 Å². The molecule has 0 fully saturated rings. The number of furan rings is 1. The van der Waals surface area contributed by atoms with Crippen LogP contribution in [0.2, 0.25) is 0 Å². The van der Waals surface area contributed by atoms with Gasteiger partial charge in [0, 0.05) is 17.0 Å². The van der Waals surface area contributed by atoms with Crippen molar-refractivity contribution >= 4 is 16.8 Å². The molecule has 0 amide bonds. The van der Waals surface area contributed by atoms with Gasteiger partial charge in [-0.2, -0.15) is 0 Å². The van der Waals surface area contributed by atoms with Crippen molar-refractivity contribution < 1.29 is 19.1 Å². The number of ether oxygens (including phenoxy) is 1. The number of ketones is 1. The number of aromatic hydroxyl groups is 1. The summed E-state index contributed by atoms with van der Waals surface area (Å²) >= 11 is 0. The Kier molecular flexibility index (Phi) is 3.93. The summed E-state index contributed by atoms with van der Waals surface area (Å²) in [5.74, 6) is 0.112. The fraction of sp³-hybridized carbons (Fsp3) is 0.0455. The Bertz CT molecular complexity index is 1080. The van der Waals surface area contributed by atoms with Gasteiger partial charge in [0.15, 0.2) is 17.3 Å². The highest BCUT2D eigenvalue weighted by Crippen LogP contribution is 2.34. The molecule has 0 radical (unpaired) electrons. The summed E-state index contributed by atoms with van der Waals surface area (Å²) in [6.45, 7) is 0. The highest BCUT2D eigenvalue weighted by molar-refractivity contribution is 6.16. The first-order valence-corrected chi connectivity index (χ1v) is 8.16. The van der Waals surface area contributed by atoms with Crippen LogP contribution in [0.1, 0.15) is 15.9 Å². The number of phenolic OH excluding ortho intramolecular Hbond substituents is 1. The van der Waals surface area contributed by atoms with E-state index in [1.54, 1.807) is 18.2 Å². The van der Waals surface area contributed by atoms with Crippen molar-refractivity contribution in [3.8, 4) is 22.6 Å². The largest absolute Gasteiger partial charge is 0.504 e.